The Bertz CT molecular complexity index is 865. The Morgan fingerprint density at radius 1 is 1.07 bits per heavy atom. The van der Waals surface area contributed by atoms with Gasteiger partial charge in [0.15, 0.2) is 0 Å². The second kappa shape index (κ2) is 7.82. The zero-order valence-corrected chi connectivity index (χ0v) is 13.8. The zero-order valence-electron chi connectivity index (χ0n) is 13.8. The van der Waals surface area contributed by atoms with E-state index in [0.717, 1.165) is 6.07 Å². The summed E-state index contributed by atoms with van der Waals surface area (Å²) in [7, 11) is 0. The van der Waals surface area contributed by atoms with Crippen LogP contribution in [0.3, 0.4) is 0 Å². The van der Waals surface area contributed by atoms with Gasteiger partial charge in [-0.25, -0.2) is 0 Å². The summed E-state index contributed by atoms with van der Waals surface area (Å²) in [5.74, 6) is -1.27. The molecule has 1 aromatic heterocycles. The third-order valence-corrected chi connectivity index (χ3v) is 3.51. The van der Waals surface area contributed by atoms with Crippen LogP contribution in [0.1, 0.15) is 21.6 Å². The van der Waals surface area contributed by atoms with Crippen molar-refractivity contribution >= 4 is 11.6 Å². The van der Waals surface area contributed by atoms with Gasteiger partial charge in [-0.15, -0.1) is 0 Å². The highest BCUT2D eigenvalue weighted by molar-refractivity contribution is 5.94. The van der Waals surface area contributed by atoms with E-state index in [1.165, 1.54) is 18.2 Å². The van der Waals surface area contributed by atoms with E-state index in [1.54, 1.807) is 0 Å². The maximum atomic E-state index is 12.9. The second-order valence-corrected chi connectivity index (χ2v) is 5.59. The SMILES string of the molecule is O=C(c1ccc(C(F)(F)F)nc1)N(Cc1ccccc1[N+](=O)[O-])CC(F)(F)F. The Morgan fingerprint density at radius 3 is 2.21 bits per heavy atom. The van der Waals surface area contributed by atoms with E-state index in [9.17, 15) is 41.3 Å². The van der Waals surface area contributed by atoms with Gasteiger partial charge in [0, 0.05) is 17.8 Å². The summed E-state index contributed by atoms with van der Waals surface area (Å²) in [6, 6.07) is 6.05. The average molecular weight is 407 g/mol. The van der Waals surface area contributed by atoms with Crippen molar-refractivity contribution in [1.82, 2.24) is 9.88 Å². The van der Waals surface area contributed by atoms with Crippen LogP contribution >= 0.6 is 0 Å². The lowest BCUT2D eigenvalue weighted by atomic mass is 10.1. The van der Waals surface area contributed by atoms with Gasteiger partial charge in [0.25, 0.3) is 11.6 Å². The molecule has 0 bridgehead atoms. The number of hydrogen-bond donors (Lipinski definition) is 0. The minimum atomic E-state index is -4.83. The van der Waals surface area contributed by atoms with Crippen molar-refractivity contribution in [2.75, 3.05) is 6.54 Å². The van der Waals surface area contributed by atoms with Crippen LogP contribution in [0, 0.1) is 10.1 Å². The van der Waals surface area contributed by atoms with Gasteiger partial charge in [0.1, 0.15) is 12.2 Å². The number of hydrogen-bond acceptors (Lipinski definition) is 4. The van der Waals surface area contributed by atoms with E-state index in [2.05, 4.69) is 4.98 Å². The van der Waals surface area contributed by atoms with Crippen LogP contribution in [0.25, 0.3) is 0 Å². The number of aromatic nitrogens is 1. The molecule has 0 aliphatic rings. The van der Waals surface area contributed by atoms with Crippen LogP contribution in [0.2, 0.25) is 0 Å². The number of rotatable bonds is 5. The van der Waals surface area contributed by atoms with Crippen molar-refractivity contribution in [2.45, 2.75) is 18.9 Å². The molecular formula is C16H11F6N3O3. The van der Waals surface area contributed by atoms with Gasteiger partial charge in [-0.05, 0) is 12.1 Å². The Morgan fingerprint density at radius 2 is 1.71 bits per heavy atom. The summed E-state index contributed by atoms with van der Waals surface area (Å²) >= 11 is 0. The molecule has 0 radical (unpaired) electrons. The molecule has 28 heavy (non-hydrogen) atoms. The van der Waals surface area contributed by atoms with Crippen LogP contribution in [0.5, 0.6) is 0 Å². The Hall–Kier alpha value is -3.18. The molecule has 0 fully saturated rings. The maximum absolute atomic E-state index is 12.9. The van der Waals surface area contributed by atoms with Gasteiger partial charge in [-0.3, -0.25) is 19.9 Å². The summed E-state index contributed by atoms with van der Waals surface area (Å²) < 4.78 is 76.2. The minimum absolute atomic E-state index is 0.162. The highest BCUT2D eigenvalue weighted by atomic mass is 19.4. The molecule has 2 aromatic rings. The molecule has 1 heterocycles. The molecule has 150 valence electrons. The molecular weight excluding hydrogens is 396 g/mol. The molecule has 1 amide bonds. The number of benzene rings is 1. The molecule has 2 rings (SSSR count). The highest BCUT2D eigenvalue weighted by Crippen LogP contribution is 2.28. The van der Waals surface area contributed by atoms with Gasteiger partial charge in [0.05, 0.1) is 17.0 Å². The molecule has 0 aliphatic heterocycles. The van der Waals surface area contributed by atoms with Crippen molar-refractivity contribution in [3.63, 3.8) is 0 Å². The predicted octanol–water partition coefficient (Wildman–Crippen LogP) is 4.21. The first-order valence-electron chi connectivity index (χ1n) is 7.50. The standard InChI is InChI=1S/C16H11F6N3O3/c17-15(18,19)9-24(8-11-3-1-2-4-12(11)25(27)28)14(26)10-5-6-13(23-7-10)16(20,21)22/h1-7H,8-9H2. The fraction of sp³-hybridized carbons (Fsp3) is 0.250. The van der Waals surface area contributed by atoms with E-state index < -0.39 is 53.2 Å². The molecule has 0 spiro atoms. The number of nitro benzene ring substituents is 1. The van der Waals surface area contributed by atoms with E-state index in [1.807, 2.05) is 0 Å². The van der Waals surface area contributed by atoms with Crippen molar-refractivity contribution in [3.05, 3.63) is 69.5 Å². The third kappa shape index (κ3) is 5.41. The number of nitro groups is 1. The summed E-state index contributed by atoms with van der Waals surface area (Å²) in [5, 5.41) is 11.0. The Balaban J connectivity index is 2.35. The second-order valence-electron chi connectivity index (χ2n) is 5.59. The summed E-state index contributed by atoms with van der Waals surface area (Å²) in [6.07, 6.45) is -9.11. The number of para-hydroxylation sites is 1. The van der Waals surface area contributed by atoms with Crippen LogP contribution in [-0.4, -0.2) is 33.4 Å². The molecule has 0 atom stereocenters. The lowest BCUT2D eigenvalue weighted by molar-refractivity contribution is -0.385. The molecule has 0 unspecified atom stereocenters. The van der Waals surface area contributed by atoms with Crippen molar-refractivity contribution in [2.24, 2.45) is 0 Å². The van der Waals surface area contributed by atoms with E-state index in [-0.39, 0.29) is 10.5 Å². The number of amides is 1. The number of pyridine rings is 1. The topological polar surface area (TPSA) is 76.3 Å². The highest BCUT2D eigenvalue weighted by Gasteiger charge is 2.35. The molecule has 0 aliphatic carbocycles. The van der Waals surface area contributed by atoms with Crippen molar-refractivity contribution in [1.29, 1.82) is 0 Å². The first-order chi connectivity index (χ1) is 12.9. The van der Waals surface area contributed by atoms with E-state index in [0.29, 0.717) is 18.3 Å². The lowest BCUT2D eigenvalue weighted by Gasteiger charge is -2.24. The van der Waals surface area contributed by atoms with Gasteiger partial charge in [-0.2, -0.15) is 26.3 Å². The molecule has 6 nitrogen and oxygen atoms in total. The largest absolute Gasteiger partial charge is 0.433 e. The van der Waals surface area contributed by atoms with E-state index in [4.69, 9.17) is 0 Å². The van der Waals surface area contributed by atoms with Crippen LogP contribution < -0.4 is 0 Å². The van der Waals surface area contributed by atoms with Gasteiger partial charge < -0.3 is 4.90 Å². The van der Waals surface area contributed by atoms with Crippen molar-refractivity contribution in [3.8, 4) is 0 Å². The molecule has 1 aromatic carbocycles. The first kappa shape index (κ1) is 21.1. The maximum Gasteiger partial charge on any atom is 0.433 e. The number of carbonyl (C=O) groups excluding carboxylic acids is 1. The number of halogens is 6. The van der Waals surface area contributed by atoms with Gasteiger partial charge in [-0.1, -0.05) is 18.2 Å². The molecule has 0 saturated heterocycles. The molecule has 12 heteroatoms. The predicted molar refractivity (Wildman–Crippen MR) is 83.1 cm³/mol. The number of nitrogens with zero attached hydrogens (tertiary/aromatic N) is 3. The van der Waals surface area contributed by atoms with Crippen LogP contribution in [0.4, 0.5) is 32.0 Å². The number of carbonyl (C=O) groups is 1. The van der Waals surface area contributed by atoms with Crippen LogP contribution in [0.15, 0.2) is 42.6 Å². The fourth-order valence-corrected chi connectivity index (χ4v) is 2.31. The number of alkyl halides is 6. The van der Waals surface area contributed by atoms with Crippen LogP contribution in [-0.2, 0) is 12.7 Å². The Labute approximate surface area is 153 Å². The average Bonchev–Trinajstić information content (AvgIpc) is 2.59. The third-order valence-electron chi connectivity index (χ3n) is 3.51. The van der Waals surface area contributed by atoms with E-state index >= 15 is 0 Å². The minimum Gasteiger partial charge on any atom is -0.325 e. The zero-order chi connectivity index (χ0) is 21.1. The lowest BCUT2D eigenvalue weighted by Crippen LogP contribution is -2.38. The molecule has 0 N–H and O–H groups in total. The molecule has 0 saturated carbocycles. The van der Waals surface area contributed by atoms with Gasteiger partial charge in [0.2, 0.25) is 0 Å². The normalized spacial score (nSPS) is 11.9. The van der Waals surface area contributed by atoms with Gasteiger partial charge >= 0.3 is 12.4 Å². The van der Waals surface area contributed by atoms with Crippen molar-refractivity contribution < 1.29 is 36.1 Å². The summed E-state index contributed by atoms with van der Waals surface area (Å²) in [6.45, 7) is -2.52. The summed E-state index contributed by atoms with van der Waals surface area (Å²) in [5.41, 5.74) is -2.49. The smallest absolute Gasteiger partial charge is 0.325 e. The summed E-state index contributed by atoms with van der Waals surface area (Å²) in [4.78, 5) is 25.9. The quantitative estimate of drug-likeness (QED) is 0.423. The monoisotopic (exact) mass is 407 g/mol. The Kier molecular flexibility index (Phi) is 5.90. The fourth-order valence-electron chi connectivity index (χ4n) is 2.31. The first-order valence-corrected chi connectivity index (χ1v) is 7.50.